The van der Waals surface area contributed by atoms with Crippen molar-refractivity contribution in [2.24, 2.45) is 0 Å². The molecule has 1 amide bonds. The van der Waals surface area contributed by atoms with Crippen LogP contribution in [0.3, 0.4) is 0 Å². The molecular weight excluding hydrogens is 266 g/mol. The summed E-state index contributed by atoms with van der Waals surface area (Å²) in [4.78, 5) is 22.5. The Labute approximate surface area is 116 Å². The Balaban J connectivity index is 2.41. The van der Waals surface area contributed by atoms with Gasteiger partial charge in [-0.05, 0) is 17.7 Å². The maximum Gasteiger partial charge on any atom is 0.331 e. The Morgan fingerprint density at radius 1 is 1.37 bits per heavy atom. The van der Waals surface area contributed by atoms with Gasteiger partial charge < -0.3 is 10.1 Å². The molecule has 1 aromatic carbocycles. The summed E-state index contributed by atoms with van der Waals surface area (Å²) in [5.41, 5.74) is 0.706. The predicted octanol–water partition coefficient (Wildman–Crippen LogP) is 2.20. The first-order valence-electron chi connectivity index (χ1n) is 5.60. The van der Waals surface area contributed by atoms with Gasteiger partial charge in [-0.2, -0.15) is 0 Å². The van der Waals surface area contributed by atoms with Crippen molar-refractivity contribution < 1.29 is 14.3 Å². The van der Waals surface area contributed by atoms with E-state index in [-0.39, 0.29) is 12.5 Å². The molecule has 0 aromatic heterocycles. The summed E-state index contributed by atoms with van der Waals surface area (Å²) in [6.45, 7) is 3.47. The van der Waals surface area contributed by atoms with E-state index in [2.05, 4.69) is 11.9 Å². The highest BCUT2D eigenvalue weighted by molar-refractivity contribution is 6.32. The fraction of sp³-hybridized carbons (Fsp3) is 0.143. The number of amides is 1. The van der Waals surface area contributed by atoms with Gasteiger partial charge in [-0.15, -0.1) is 6.58 Å². The number of esters is 1. The van der Waals surface area contributed by atoms with Gasteiger partial charge in [0, 0.05) is 17.6 Å². The third kappa shape index (κ3) is 5.88. The molecule has 0 spiro atoms. The number of nitrogens with one attached hydrogen (secondary N) is 1. The summed E-state index contributed by atoms with van der Waals surface area (Å²) in [7, 11) is 0. The molecule has 0 saturated carbocycles. The highest BCUT2D eigenvalue weighted by Gasteiger charge is 2.03. The van der Waals surface area contributed by atoms with Crippen molar-refractivity contribution in [3.8, 4) is 0 Å². The summed E-state index contributed by atoms with van der Waals surface area (Å²) >= 11 is 5.92. The molecule has 0 heterocycles. The van der Waals surface area contributed by atoms with E-state index in [4.69, 9.17) is 16.3 Å². The van der Waals surface area contributed by atoms with Crippen molar-refractivity contribution in [2.45, 2.75) is 0 Å². The van der Waals surface area contributed by atoms with Gasteiger partial charge in [0.05, 0.1) is 0 Å². The topological polar surface area (TPSA) is 55.4 Å². The van der Waals surface area contributed by atoms with Crippen LogP contribution in [0.2, 0.25) is 5.02 Å². The second-order valence-corrected chi connectivity index (χ2v) is 3.96. The van der Waals surface area contributed by atoms with Crippen LogP contribution in [0.25, 0.3) is 6.08 Å². The Bertz CT molecular complexity index is 497. The van der Waals surface area contributed by atoms with E-state index in [0.29, 0.717) is 17.1 Å². The Kier molecular flexibility index (Phi) is 6.39. The molecule has 5 heteroatoms. The largest absolute Gasteiger partial charge is 0.452 e. The van der Waals surface area contributed by atoms with Crippen molar-refractivity contribution in [3.05, 3.63) is 53.6 Å². The van der Waals surface area contributed by atoms with Gasteiger partial charge in [0.25, 0.3) is 5.91 Å². The van der Waals surface area contributed by atoms with E-state index in [0.717, 1.165) is 0 Å². The van der Waals surface area contributed by atoms with Gasteiger partial charge in [-0.25, -0.2) is 4.79 Å². The average Bonchev–Trinajstić information content (AvgIpc) is 2.42. The lowest BCUT2D eigenvalue weighted by molar-refractivity contribution is -0.143. The Morgan fingerprint density at radius 3 is 2.79 bits per heavy atom. The quantitative estimate of drug-likeness (QED) is 0.493. The zero-order valence-corrected chi connectivity index (χ0v) is 11.0. The number of hydrogen-bond donors (Lipinski definition) is 1. The van der Waals surface area contributed by atoms with Crippen LogP contribution in [0.4, 0.5) is 0 Å². The van der Waals surface area contributed by atoms with Gasteiger partial charge in [0.15, 0.2) is 6.61 Å². The molecule has 100 valence electrons. The molecule has 1 rings (SSSR count). The summed E-state index contributed by atoms with van der Waals surface area (Å²) in [6, 6.07) is 7.08. The maximum atomic E-state index is 11.4. The van der Waals surface area contributed by atoms with Gasteiger partial charge in [0.1, 0.15) is 0 Å². The van der Waals surface area contributed by atoms with Crippen LogP contribution in [0, 0.1) is 0 Å². The number of hydrogen-bond acceptors (Lipinski definition) is 3. The van der Waals surface area contributed by atoms with Gasteiger partial charge in [-0.1, -0.05) is 35.9 Å². The summed E-state index contributed by atoms with van der Waals surface area (Å²) in [5.74, 6) is -0.979. The molecule has 0 radical (unpaired) electrons. The third-order valence-electron chi connectivity index (χ3n) is 2.09. The van der Waals surface area contributed by atoms with Crippen LogP contribution in [-0.4, -0.2) is 25.0 Å². The number of ether oxygens (including phenoxy) is 1. The first-order chi connectivity index (χ1) is 9.13. The molecule has 0 aliphatic heterocycles. The van der Waals surface area contributed by atoms with Crippen LogP contribution in [0.1, 0.15) is 5.56 Å². The predicted molar refractivity (Wildman–Crippen MR) is 74.7 cm³/mol. The SMILES string of the molecule is C=CCNC(=O)COC(=O)/C=C/c1ccccc1Cl. The number of halogens is 1. The summed E-state index contributed by atoms with van der Waals surface area (Å²) < 4.78 is 4.75. The normalized spacial score (nSPS) is 10.2. The fourth-order valence-corrected chi connectivity index (χ4v) is 1.39. The lowest BCUT2D eigenvalue weighted by Gasteiger charge is -2.02. The van der Waals surface area contributed by atoms with Gasteiger partial charge in [0.2, 0.25) is 0 Å². The molecular formula is C14H14ClNO3. The molecule has 19 heavy (non-hydrogen) atoms. The second-order valence-electron chi connectivity index (χ2n) is 3.56. The molecule has 0 fully saturated rings. The number of carbonyl (C=O) groups is 2. The van der Waals surface area contributed by atoms with Gasteiger partial charge in [-0.3, -0.25) is 4.79 Å². The Hall–Kier alpha value is -2.07. The van der Waals surface area contributed by atoms with E-state index in [1.807, 2.05) is 0 Å². The molecule has 4 nitrogen and oxygen atoms in total. The maximum absolute atomic E-state index is 11.4. The number of carbonyl (C=O) groups excluding carboxylic acids is 2. The molecule has 0 atom stereocenters. The highest BCUT2D eigenvalue weighted by atomic mass is 35.5. The lowest BCUT2D eigenvalue weighted by Crippen LogP contribution is -2.28. The molecule has 0 bridgehead atoms. The van der Waals surface area contributed by atoms with Crippen LogP contribution in [0.5, 0.6) is 0 Å². The van der Waals surface area contributed by atoms with Crippen LogP contribution >= 0.6 is 11.6 Å². The molecule has 1 aromatic rings. The van der Waals surface area contributed by atoms with Crippen molar-refractivity contribution in [1.82, 2.24) is 5.32 Å². The third-order valence-corrected chi connectivity index (χ3v) is 2.44. The zero-order valence-electron chi connectivity index (χ0n) is 10.3. The van der Waals surface area contributed by atoms with Crippen molar-refractivity contribution in [3.63, 3.8) is 0 Å². The lowest BCUT2D eigenvalue weighted by atomic mass is 10.2. The van der Waals surface area contributed by atoms with Crippen LogP contribution in [0.15, 0.2) is 43.0 Å². The number of rotatable bonds is 6. The smallest absolute Gasteiger partial charge is 0.331 e. The van der Waals surface area contributed by atoms with E-state index in [1.165, 1.54) is 18.2 Å². The van der Waals surface area contributed by atoms with Crippen molar-refractivity contribution >= 4 is 29.6 Å². The van der Waals surface area contributed by atoms with E-state index in [1.54, 1.807) is 24.3 Å². The van der Waals surface area contributed by atoms with Crippen molar-refractivity contribution in [2.75, 3.05) is 13.2 Å². The average molecular weight is 280 g/mol. The van der Waals surface area contributed by atoms with E-state index >= 15 is 0 Å². The summed E-state index contributed by atoms with van der Waals surface area (Å²) in [6.07, 6.45) is 4.30. The second kappa shape index (κ2) is 8.11. The fourth-order valence-electron chi connectivity index (χ4n) is 1.19. The minimum absolute atomic E-state index is 0.320. The minimum Gasteiger partial charge on any atom is -0.452 e. The minimum atomic E-state index is -0.603. The van der Waals surface area contributed by atoms with E-state index < -0.39 is 5.97 Å². The van der Waals surface area contributed by atoms with Crippen LogP contribution in [-0.2, 0) is 14.3 Å². The standard InChI is InChI=1S/C14H14ClNO3/c1-2-9-16-13(17)10-19-14(18)8-7-11-5-3-4-6-12(11)15/h2-8H,1,9-10H2,(H,16,17)/b8-7+. The highest BCUT2D eigenvalue weighted by Crippen LogP contribution is 2.16. The first-order valence-corrected chi connectivity index (χ1v) is 5.98. The first kappa shape index (κ1) is 15.0. The monoisotopic (exact) mass is 279 g/mol. The summed E-state index contributed by atoms with van der Waals surface area (Å²) in [5, 5.41) is 3.03. The number of benzene rings is 1. The molecule has 0 saturated heterocycles. The molecule has 0 aliphatic carbocycles. The van der Waals surface area contributed by atoms with Crippen molar-refractivity contribution in [1.29, 1.82) is 0 Å². The molecule has 0 unspecified atom stereocenters. The molecule has 1 N–H and O–H groups in total. The Morgan fingerprint density at radius 2 is 2.11 bits per heavy atom. The van der Waals surface area contributed by atoms with Crippen LogP contribution < -0.4 is 5.32 Å². The van der Waals surface area contributed by atoms with Gasteiger partial charge >= 0.3 is 5.97 Å². The van der Waals surface area contributed by atoms with E-state index in [9.17, 15) is 9.59 Å². The molecule has 0 aliphatic rings. The zero-order chi connectivity index (χ0) is 14.1.